The van der Waals surface area contributed by atoms with Gasteiger partial charge in [-0.25, -0.2) is 4.98 Å². The summed E-state index contributed by atoms with van der Waals surface area (Å²) in [6, 6.07) is 17.8. The molecule has 4 aromatic rings. The van der Waals surface area contributed by atoms with Crippen LogP contribution < -0.4 is 10.2 Å². The number of nitrogens with zero attached hydrogens (tertiary/aromatic N) is 5. The summed E-state index contributed by atoms with van der Waals surface area (Å²) < 4.78 is 0. The lowest BCUT2D eigenvalue weighted by molar-refractivity contribution is 0.102. The molecule has 5 rings (SSSR count). The zero-order valence-electron chi connectivity index (χ0n) is 20.6. The minimum atomic E-state index is -0.124. The van der Waals surface area contributed by atoms with Gasteiger partial charge in [-0.1, -0.05) is 18.2 Å². The Morgan fingerprint density at radius 3 is 2.44 bits per heavy atom. The third-order valence-electron chi connectivity index (χ3n) is 6.46. The second-order valence-corrected chi connectivity index (χ2v) is 9.96. The van der Waals surface area contributed by atoms with Crippen LogP contribution in [0.25, 0.3) is 0 Å². The largest absolute Gasteiger partial charge is 0.322 e. The first-order valence-corrected chi connectivity index (χ1v) is 13.0. The van der Waals surface area contributed by atoms with Gasteiger partial charge in [0.15, 0.2) is 5.13 Å². The highest BCUT2D eigenvalue weighted by atomic mass is 32.1. The van der Waals surface area contributed by atoms with E-state index in [1.54, 1.807) is 29.9 Å². The molecule has 0 atom stereocenters. The van der Waals surface area contributed by atoms with Crippen LogP contribution in [0.2, 0.25) is 0 Å². The summed E-state index contributed by atoms with van der Waals surface area (Å²) in [5.74, 6) is -0.124. The molecule has 3 heterocycles. The summed E-state index contributed by atoms with van der Waals surface area (Å²) in [6.45, 7) is 7.32. The lowest BCUT2D eigenvalue weighted by Gasteiger charge is -2.32. The normalized spacial score (nSPS) is 14.5. The number of anilines is 4. The van der Waals surface area contributed by atoms with Crippen LogP contribution in [0.1, 0.15) is 21.5 Å². The van der Waals surface area contributed by atoms with Crippen molar-refractivity contribution in [3.05, 3.63) is 95.3 Å². The predicted octanol–water partition coefficient (Wildman–Crippen LogP) is 5.32. The SMILES string of the molecule is Cc1ccc(NC(=O)c2ccc(CN3CCN(C)CC3)cc2)cc1N(c1ccncc1)c1nccs1. The summed E-state index contributed by atoms with van der Waals surface area (Å²) in [5.41, 5.74) is 5.60. The molecule has 7 nitrogen and oxygen atoms in total. The van der Waals surface area contributed by atoms with Gasteiger partial charge in [0.25, 0.3) is 5.91 Å². The summed E-state index contributed by atoms with van der Waals surface area (Å²) in [4.78, 5) is 28.6. The van der Waals surface area contributed by atoms with Crippen molar-refractivity contribution in [1.29, 1.82) is 0 Å². The van der Waals surface area contributed by atoms with E-state index in [-0.39, 0.29) is 5.91 Å². The number of rotatable bonds is 7. The van der Waals surface area contributed by atoms with E-state index in [0.29, 0.717) is 5.56 Å². The first-order chi connectivity index (χ1) is 17.6. The van der Waals surface area contributed by atoms with E-state index in [1.807, 2.05) is 47.8 Å². The monoisotopic (exact) mass is 498 g/mol. The number of hydrogen-bond donors (Lipinski definition) is 1. The molecule has 184 valence electrons. The van der Waals surface area contributed by atoms with Crippen LogP contribution >= 0.6 is 11.3 Å². The molecule has 0 unspecified atom stereocenters. The molecule has 2 aromatic heterocycles. The number of likely N-dealkylation sites (N-methyl/N-ethyl adjacent to an activating group) is 1. The summed E-state index contributed by atoms with van der Waals surface area (Å²) in [5, 5.41) is 5.88. The van der Waals surface area contributed by atoms with Gasteiger partial charge in [0, 0.05) is 67.9 Å². The number of aromatic nitrogens is 2. The third kappa shape index (κ3) is 5.62. The number of nitrogens with one attached hydrogen (secondary N) is 1. The van der Waals surface area contributed by atoms with Gasteiger partial charge < -0.3 is 10.2 Å². The topological polar surface area (TPSA) is 64.6 Å². The van der Waals surface area contributed by atoms with Gasteiger partial charge in [-0.3, -0.25) is 19.6 Å². The molecule has 0 saturated carbocycles. The quantitative estimate of drug-likeness (QED) is 0.372. The van der Waals surface area contributed by atoms with Gasteiger partial charge in [-0.05, 0) is 61.5 Å². The molecule has 36 heavy (non-hydrogen) atoms. The molecule has 1 saturated heterocycles. The smallest absolute Gasteiger partial charge is 0.255 e. The Balaban J connectivity index is 1.32. The van der Waals surface area contributed by atoms with Crippen LogP contribution in [-0.4, -0.2) is 58.9 Å². The second kappa shape index (κ2) is 11.0. The number of aryl methyl sites for hydroxylation is 1. The van der Waals surface area contributed by atoms with Crippen LogP contribution in [0.15, 0.2) is 78.6 Å². The second-order valence-electron chi connectivity index (χ2n) is 9.09. The van der Waals surface area contributed by atoms with Crippen LogP contribution in [0, 0.1) is 6.92 Å². The molecule has 1 fully saturated rings. The van der Waals surface area contributed by atoms with E-state index in [2.05, 4.69) is 56.1 Å². The van der Waals surface area contributed by atoms with E-state index >= 15 is 0 Å². The minimum absolute atomic E-state index is 0.124. The Morgan fingerprint density at radius 2 is 1.75 bits per heavy atom. The molecule has 0 aliphatic carbocycles. The zero-order valence-corrected chi connectivity index (χ0v) is 21.4. The van der Waals surface area contributed by atoms with E-state index in [4.69, 9.17) is 0 Å². The van der Waals surface area contributed by atoms with Gasteiger partial charge in [-0.2, -0.15) is 0 Å². The summed E-state index contributed by atoms with van der Waals surface area (Å²) in [7, 11) is 2.16. The average Bonchev–Trinajstić information content (AvgIpc) is 3.43. The van der Waals surface area contributed by atoms with Crippen molar-refractivity contribution in [1.82, 2.24) is 19.8 Å². The maximum Gasteiger partial charge on any atom is 0.255 e. The molecule has 0 spiro atoms. The van der Waals surface area contributed by atoms with Crippen LogP contribution in [0.5, 0.6) is 0 Å². The van der Waals surface area contributed by atoms with Crippen molar-refractivity contribution in [2.24, 2.45) is 0 Å². The minimum Gasteiger partial charge on any atom is -0.322 e. The van der Waals surface area contributed by atoms with Gasteiger partial charge in [0.2, 0.25) is 0 Å². The predicted molar refractivity (Wildman–Crippen MR) is 146 cm³/mol. The fourth-order valence-electron chi connectivity index (χ4n) is 4.33. The van der Waals surface area contributed by atoms with Crippen molar-refractivity contribution in [3.63, 3.8) is 0 Å². The van der Waals surface area contributed by atoms with Gasteiger partial charge in [-0.15, -0.1) is 11.3 Å². The number of amides is 1. The number of benzene rings is 2. The van der Waals surface area contributed by atoms with E-state index in [9.17, 15) is 4.79 Å². The molecule has 0 radical (unpaired) electrons. The molecule has 0 bridgehead atoms. The lowest BCUT2D eigenvalue weighted by Crippen LogP contribution is -2.43. The molecule has 1 aliphatic rings. The van der Waals surface area contributed by atoms with Crippen molar-refractivity contribution in [2.45, 2.75) is 13.5 Å². The van der Waals surface area contributed by atoms with Crippen LogP contribution in [0.3, 0.4) is 0 Å². The highest BCUT2D eigenvalue weighted by molar-refractivity contribution is 7.13. The number of piperazine rings is 1. The molecule has 8 heteroatoms. The summed E-state index contributed by atoms with van der Waals surface area (Å²) >= 11 is 1.56. The van der Waals surface area contributed by atoms with E-state index < -0.39 is 0 Å². The molecule has 1 aliphatic heterocycles. The van der Waals surface area contributed by atoms with Crippen molar-refractivity contribution >= 4 is 39.4 Å². The Hall–Kier alpha value is -3.59. The Kier molecular flexibility index (Phi) is 7.36. The maximum absolute atomic E-state index is 13.1. The maximum atomic E-state index is 13.1. The van der Waals surface area contributed by atoms with Crippen LogP contribution in [0.4, 0.5) is 22.2 Å². The molecular weight excluding hydrogens is 468 g/mol. The van der Waals surface area contributed by atoms with Crippen molar-refractivity contribution < 1.29 is 4.79 Å². The fourth-order valence-corrected chi connectivity index (χ4v) is 5.00. The van der Waals surface area contributed by atoms with Gasteiger partial charge >= 0.3 is 0 Å². The Morgan fingerprint density at radius 1 is 1.00 bits per heavy atom. The van der Waals surface area contributed by atoms with Crippen LogP contribution in [-0.2, 0) is 6.54 Å². The highest BCUT2D eigenvalue weighted by Gasteiger charge is 2.18. The zero-order chi connectivity index (χ0) is 24.9. The number of hydrogen-bond acceptors (Lipinski definition) is 7. The summed E-state index contributed by atoms with van der Waals surface area (Å²) in [6.07, 6.45) is 5.33. The molecular formula is C28H30N6OS. The number of carbonyl (C=O) groups is 1. The number of carbonyl (C=O) groups excluding carboxylic acids is 1. The molecule has 2 aromatic carbocycles. The lowest BCUT2D eigenvalue weighted by atomic mass is 10.1. The van der Waals surface area contributed by atoms with E-state index in [0.717, 1.165) is 60.5 Å². The fraction of sp³-hybridized carbons (Fsp3) is 0.250. The molecule has 1 amide bonds. The Labute approximate surface area is 216 Å². The first-order valence-electron chi connectivity index (χ1n) is 12.1. The van der Waals surface area contributed by atoms with Gasteiger partial charge in [0.05, 0.1) is 11.4 Å². The highest BCUT2D eigenvalue weighted by Crippen LogP contribution is 2.38. The van der Waals surface area contributed by atoms with Gasteiger partial charge in [0.1, 0.15) is 0 Å². The Bertz CT molecular complexity index is 1290. The molecule has 1 N–H and O–H groups in total. The van der Waals surface area contributed by atoms with Crippen molar-refractivity contribution in [2.75, 3.05) is 43.4 Å². The van der Waals surface area contributed by atoms with Crippen molar-refractivity contribution in [3.8, 4) is 0 Å². The number of thiazole rings is 1. The van der Waals surface area contributed by atoms with E-state index in [1.165, 1.54) is 5.56 Å². The standard InChI is InChI=1S/C28H30N6OS/c1-21-3-8-24(19-26(21)34(28-30-13-18-36-28)25-9-11-29-12-10-25)31-27(35)23-6-4-22(5-7-23)20-33-16-14-32(2)15-17-33/h3-13,18-19H,14-17,20H2,1-2H3,(H,31,35). The average molecular weight is 499 g/mol. The third-order valence-corrected chi connectivity index (χ3v) is 7.21. The first kappa shape index (κ1) is 24.1. The number of pyridine rings is 1.